The number of hydrogen-bond acceptors (Lipinski definition) is 5. The van der Waals surface area contributed by atoms with Gasteiger partial charge in [0.2, 0.25) is 0 Å². The van der Waals surface area contributed by atoms with Crippen LogP contribution in [0.4, 0.5) is 10.6 Å². The van der Waals surface area contributed by atoms with Crippen molar-refractivity contribution in [2.24, 2.45) is 7.05 Å². The number of aromatic nitrogens is 4. The predicted octanol–water partition coefficient (Wildman–Crippen LogP) is 2.79. The molecule has 4 rings (SSSR count). The molecular weight excluding hydrogens is 356 g/mol. The van der Waals surface area contributed by atoms with Crippen LogP contribution in [0.1, 0.15) is 20.8 Å². The number of aryl methyl sites for hydroxylation is 1. The molecule has 28 heavy (non-hydrogen) atoms. The number of pyridine rings is 1. The van der Waals surface area contributed by atoms with Crippen LogP contribution >= 0.6 is 0 Å². The zero-order valence-corrected chi connectivity index (χ0v) is 16.8. The van der Waals surface area contributed by atoms with E-state index < -0.39 is 5.60 Å². The van der Waals surface area contributed by atoms with Crippen molar-refractivity contribution in [3.63, 3.8) is 0 Å². The predicted molar refractivity (Wildman–Crippen MR) is 107 cm³/mol. The molecule has 8 nitrogen and oxygen atoms in total. The smallest absolute Gasteiger partial charge is 0.410 e. The van der Waals surface area contributed by atoms with Crippen LogP contribution in [0.2, 0.25) is 0 Å². The van der Waals surface area contributed by atoms with Crippen molar-refractivity contribution >= 4 is 17.6 Å². The second kappa shape index (κ2) is 6.85. The van der Waals surface area contributed by atoms with Gasteiger partial charge in [-0.3, -0.25) is 9.08 Å². The second-order valence-corrected chi connectivity index (χ2v) is 8.12. The number of ether oxygens (including phenoxy) is 1. The molecule has 3 aromatic heterocycles. The maximum absolute atomic E-state index is 12.3. The molecule has 1 fully saturated rings. The number of carbonyl (C=O) groups is 1. The van der Waals surface area contributed by atoms with Crippen molar-refractivity contribution in [2.75, 3.05) is 31.1 Å². The van der Waals surface area contributed by atoms with Gasteiger partial charge < -0.3 is 14.5 Å². The van der Waals surface area contributed by atoms with E-state index in [1.165, 1.54) is 0 Å². The fourth-order valence-electron chi connectivity index (χ4n) is 3.40. The van der Waals surface area contributed by atoms with Gasteiger partial charge in [-0.1, -0.05) is 0 Å². The first-order valence-electron chi connectivity index (χ1n) is 9.49. The average molecular weight is 382 g/mol. The number of nitrogens with zero attached hydrogens (tertiary/aromatic N) is 6. The number of imidazole rings is 1. The number of rotatable bonds is 2. The normalized spacial score (nSPS) is 15.3. The fraction of sp³-hybridized carbons (Fsp3) is 0.450. The first kappa shape index (κ1) is 18.3. The summed E-state index contributed by atoms with van der Waals surface area (Å²) in [6.45, 7) is 8.43. The van der Waals surface area contributed by atoms with Crippen LogP contribution in [0.15, 0.2) is 36.9 Å². The molecule has 1 saturated heterocycles. The standard InChI is InChI=1S/C20H26N6O2/c1-20(2,3)28-19(27)25-9-7-24(8-10-25)18-13-21-17-11-15(5-6-26(17)18)16-12-22-23(4)14-16/h5-6,11-14H,7-10H2,1-4H3. The number of carbonyl (C=O) groups excluding carboxylic acids is 1. The number of piperazine rings is 1. The number of anilines is 1. The highest BCUT2D eigenvalue weighted by molar-refractivity contribution is 5.69. The molecule has 0 radical (unpaired) electrons. The van der Waals surface area contributed by atoms with Gasteiger partial charge in [-0.25, -0.2) is 9.78 Å². The maximum atomic E-state index is 12.3. The van der Waals surface area contributed by atoms with E-state index in [9.17, 15) is 4.79 Å². The van der Waals surface area contributed by atoms with Crippen LogP contribution in [-0.2, 0) is 11.8 Å². The summed E-state index contributed by atoms with van der Waals surface area (Å²) < 4.78 is 9.35. The van der Waals surface area contributed by atoms with Crippen LogP contribution in [0.25, 0.3) is 16.8 Å². The average Bonchev–Trinajstić information content (AvgIpc) is 3.26. The third-order valence-electron chi connectivity index (χ3n) is 4.79. The van der Waals surface area contributed by atoms with E-state index in [1.54, 1.807) is 9.58 Å². The Labute approximate surface area is 164 Å². The minimum atomic E-state index is -0.470. The van der Waals surface area contributed by atoms with E-state index in [0.717, 1.165) is 35.7 Å². The minimum absolute atomic E-state index is 0.244. The summed E-state index contributed by atoms with van der Waals surface area (Å²) >= 11 is 0. The van der Waals surface area contributed by atoms with Gasteiger partial charge in [-0.05, 0) is 38.5 Å². The van der Waals surface area contributed by atoms with Gasteiger partial charge in [-0.15, -0.1) is 0 Å². The van der Waals surface area contributed by atoms with Crippen molar-refractivity contribution in [1.82, 2.24) is 24.1 Å². The monoisotopic (exact) mass is 382 g/mol. The van der Waals surface area contributed by atoms with Crippen molar-refractivity contribution in [2.45, 2.75) is 26.4 Å². The molecule has 0 aromatic carbocycles. The Morgan fingerprint density at radius 3 is 2.50 bits per heavy atom. The van der Waals surface area contributed by atoms with Crippen LogP contribution in [0.3, 0.4) is 0 Å². The third kappa shape index (κ3) is 3.67. The zero-order valence-electron chi connectivity index (χ0n) is 16.8. The molecule has 1 aliphatic rings. The van der Waals surface area contributed by atoms with Crippen molar-refractivity contribution < 1.29 is 9.53 Å². The fourth-order valence-corrected chi connectivity index (χ4v) is 3.40. The summed E-state index contributed by atoms with van der Waals surface area (Å²) in [6, 6.07) is 4.14. The molecule has 0 aliphatic carbocycles. The van der Waals surface area contributed by atoms with Crippen LogP contribution < -0.4 is 4.90 Å². The summed E-state index contributed by atoms with van der Waals surface area (Å²) in [5.41, 5.74) is 2.58. The van der Waals surface area contributed by atoms with Gasteiger partial charge in [0.15, 0.2) is 0 Å². The molecule has 3 aromatic rings. The lowest BCUT2D eigenvalue weighted by Gasteiger charge is -2.36. The van der Waals surface area contributed by atoms with Gasteiger partial charge >= 0.3 is 6.09 Å². The van der Waals surface area contributed by atoms with E-state index >= 15 is 0 Å². The van der Waals surface area contributed by atoms with E-state index in [0.29, 0.717) is 13.1 Å². The second-order valence-electron chi connectivity index (χ2n) is 8.12. The summed E-state index contributed by atoms with van der Waals surface area (Å²) in [4.78, 5) is 20.9. The highest BCUT2D eigenvalue weighted by atomic mass is 16.6. The lowest BCUT2D eigenvalue weighted by Crippen LogP contribution is -2.50. The van der Waals surface area contributed by atoms with E-state index in [2.05, 4.69) is 31.5 Å². The Morgan fingerprint density at radius 2 is 1.86 bits per heavy atom. The Balaban J connectivity index is 1.48. The lowest BCUT2D eigenvalue weighted by atomic mass is 10.1. The topological polar surface area (TPSA) is 67.9 Å². The third-order valence-corrected chi connectivity index (χ3v) is 4.79. The first-order valence-corrected chi connectivity index (χ1v) is 9.49. The molecular formula is C20H26N6O2. The Kier molecular flexibility index (Phi) is 4.49. The molecule has 0 unspecified atom stereocenters. The number of hydrogen-bond donors (Lipinski definition) is 0. The minimum Gasteiger partial charge on any atom is -0.444 e. The van der Waals surface area contributed by atoms with Crippen molar-refractivity contribution in [3.8, 4) is 11.1 Å². The molecule has 0 atom stereocenters. The quantitative estimate of drug-likeness (QED) is 0.682. The summed E-state index contributed by atoms with van der Waals surface area (Å²) in [7, 11) is 1.91. The Morgan fingerprint density at radius 1 is 1.11 bits per heavy atom. The van der Waals surface area contributed by atoms with E-state index in [4.69, 9.17) is 4.74 Å². The highest BCUT2D eigenvalue weighted by Gasteiger charge is 2.26. The van der Waals surface area contributed by atoms with Crippen LogP contribution in [0.5, 0.6) is 0 Å². The number of amides is 1. The van der Waals surface area contributed by atoms with Crippen molar-refractivity contribution in [1.29, 1.82) is 0 Å². The van der Waals surface area contributed by atoms with E-state index in [-0.39, 0.29) is 6.09 Å². The molecule has 1 aliphatic heterocycles. The highest BCUT2D eigenvalue weighted by Crippen LogP contribution is 2.24. The largest absolute Gasteiger partial charge is 0.444 e. The Bertz CT molecular complexity index is 992. The maximum Gasteiger partial charge on any atom is 0.410 e. The van der Waals surface area contributed by atoms with Gasteiger partial charge in [0.05, 0.1) is 12.4 Å². The zero-order chi connectivity index (χ0) is 19.9. The van der Waals surface area contributed by atoms with Gasteiger partial charge in [0.1, 0.15) is 17.1 Å². The lowest BCUT2D eigenvalue weighted by molar-refractivity contribution is 0.0240. The molecule has 0 saturated carbocycles. The van der Waals surface area contributed by atoms with Crippen LogP contribution in [-0.4, -0.2) is 61.9 Å². The number of fused-ring (bicyclic) bond motifs is 1. The molecule has 0 N–H and O–H groups in total. The summed E-state index contributed by atoms with van der Waals surface area (Å²) in [6.07, 6.45) is 7.54. The SMILES string of the molecule is Cn1cc(-c2ccn3c(N4CCN(C(=O)OC(C)(C)C)CC4)cnc3c2)cn1. The van der Waals surface area contributed by atoms with Gasteiger partial charge in [0.25, 0.3) is 0 Å². The van der Waals surface area contributed by atoms with Gasteiger partial charge in [0, 0.05) is 51.2 Å². The molecule has 4 heterocycles. The van der Waals surface area contributed by atoms with Gasteiger partial charge in [-0.2, -0.15) is 5.10 Å². The molecule has 148 valence electrons. The molecule has 0 spiro atoms. The molecule has 8 heteroatoms. The summed E-state index contributed by atoms with van der Waals surface area (Å²) in [5.74, 6) is 1.04. The first-order chi connectivity index (χ1) is 13.3. The Hall–Kier alpha value is -3.03. The summed E-state index contributed by atoms with van der Waals surface area (Å²) in [5, 5.41) is 4.23. The molecule has 0 bridgehead atoms. The van der Waals surface area contributed by atoms with Crippen molar-refractivity contribution in [3.05, 3.63) is 36.9 Å². The van der Waals surface area contributed by atoms with Crippen LogP contribution in [0, 0.1) is 0 Å². The molecule has 1 amide bonds. The van der Waals surface area contributed by atoms with E-state index in [1.807, 2.05) is 52.6 Å².